The number of carbonyl (C=O) groups is 1. The first kappa shape index (κ1) is 17.6. The highest BCUT2D eigenvalue weighted by atomic mass is 32.1. The molecule has 0 atom stereocenters. The highest BCUT2D eigenvalue weighted by Gasteiger charge is 2.25. The predicted octanol–water partition coefficient (Wildman–Crippen LogP) is 5.64. The SMILES string of the molecule is COc1ccc2c(c1)Cc1sc(NC(=O)c3ccccc3-c3ccccc3)nc1-2. The van der Waals surface area contributed by atoms with Gasteiger partial charge in [0.25, 0.3) is 5.91 Å². The summed E-state index contributed by atoms with van der Waals surface area (Å²) in [5.74, 6) is 0.705. The lowest BCUT2D eigenvalue weighted by molar-refractivity contribution is 0.102. The van der Waals surface area contributed by atoms with Gasteiger partial charge in [0.05, 0.1) is 12.8 Å². The van der Waals surface area contributed by atoms with Crippen LogP contribution < -0.4 is 10.1 Å². The monoisotopic (exact) mass is 398 g/mol. The minimum Gasteiger partial charge on any atom is -0.497 e. The molecule has 1 heterocycles. The molecule has 0 saturated heterocycles. The molecule has 5 rings (SSSR count). The number of fused-ring (bicyclic) bond motifs is 3. The number of methoxy groups -OCH3 is 1. The zero-order valence-electron chi connectivity index (χ0n) is 15.8. The van der Waals surface area contributed by atoms with Crippen molar-refractivity contribution in [2.24, 2.45) is 0 Å². The molecule has 4 nitrogen and oxygen atoms in total. The summed E-state index contributed by atoms with van der Waals surface area (Å²) in [7, 11) is 1.67. The van der Waals surface area contributed by atoms with Crippen molar-refractivity contribution in [1.82, 2.24) is 4.98 Å². The molecule has 1 aliphatic rings. The third-order valence-electron chi connectivity index (χ3n) is 5.09. The molecular weight excluding hydrogens is 380 g/mol. The third-order valence-corrected chi connectivity index (χ3v) is 6.06. The van der Waals surface area contributed by atoms with Gasteiger partial charge < -0.3 is 4.74 Å². The highest BCUT2D eigenvalue weighted by Crippen LogP contribution is 2.42. The van der Waals surface area contributed by atoms with Crippen LogP contribution in [0.25, 0.3) is 22.4 Å². The first-order valence-electron chi connectivity index (χ1n) is 9.36. The van der Waals surface area contributed by atoms with E-state index in [9.17, 15) is 4.79 Å². The summed E-state index contributed by atoms with van der Waals surface area (Å²) in [5.41, 5.74) is 5.85. The van der Waals surface area contributed by atoms with Crippen molar-refractivity contribution in [2.75, 3.05) is 12.4 Å². The van der Waals surface area contributed by atoms with E-state index in [2.05, 4.69) is 11.4 Å². The maximum Gasteiger partial charge on any atom is 0.258 e. The molecule has 4 aromatic rings. The zero-order chi connectivity index (χ0) is 19.8. The lowest BCUT2D eigenvalue weighted by Gasteiger charge is -2.09. The fourth-order valence-corrected chi connectivity index (χ4v) is 4.69. The molecule has 1 aliphatic carbocycles. The Morgan fingerprint density at radius 2 is 1.79 bits per heavy atom. The van der Waals surface area contributed by atoms with Crippen LogP contribution in [0.3, 0.4) is 0 Å². The number of hydrogen-bond donors (Lipinski definition) is 1. The van der Waals surface area contributed by atoms with E-state index in [1.807, 2.05) is 66.7 Å². The first-order chi connectivity index (χ1) is 14.2. The Labute approximate surface area is 172 Å². The number of nitrogens with one attached hydrogen (secondary N) is 1. The maximum absolute atomic E-state index is 13.0. The number of benzene rings is 3. The fourth-order valence-electron chi connectivity index (χ4n) is 3.70. The summed E-state index contributed by atoms with van der Waals surface area (Å²) >= 11 is 1.53. The molecule has 142 valence electrons. The number of carbonyl (C=O) groups excluding carboxylic acids is 1. The predicted molar refractivity (Wildman–Crippen MR) is 117 cm³/mol. The van der Waals surface area contributed by atoms with Gasteiger partial charge in [0.2, 0.25) is 0 Å². The Kier molecular flexibility index (Phi) is 4.37. The van der Waals surface area contributed by atoms with Crippen LogP contribution in [0.5, 0.6) is 5.75 Å². The van der Waals surface area contributed by atoms with Gasteiger partial charge in [-0.15, -0.1) is 11.3 Å². The van der Waals surface area contributed by atoms with E-state index in [-0.39, 0.29) is 5.91 Å². The average Bonchev–Trinajstić information content (AvgIpc) is 3.30. The fraction of sp³-hybridized carbons (Fsp3) is 0.0833. The van der Waals surface area contributed by atoms with Crippen molar-refractivity contribution in [3.05, 3.63) is 88.8 Å². The molecule has 1 N–H and O–H groups in total. The largest absolute Gasteiger partial charge is 0.497 e. The van der Waals surface area contributed by atoms with Crippen LogP contribution in [0, 0.1) is 0 Å². The number of rotatable bonds is 4. The summed E-state index contributed by atoms with van der Waals surface area (Å²) in [6, 6.07) is 23.6. The minimum absolute atomic E-state index is 0.146. The topological polar surface area (TPSA) is 51.2 Å². The molecule has 0 fully saturated rings. The molecular formula is C24H18N2O2S. The van der Waals surface area contributed by atoms with Crippen LogP contribution in [0.4, 0.5) is 5.13 Å². The van der Waals surface area contributed by atoms with Gasteiger partial charge in [0, 0.05) is 22.4 Å². The summed E-state index contributed by atoms with van der Waals surface area (Å²) in [6.07, 6.45) is 0.815. The van der Waals surface area contributed by atoms with Crippen LogP contribution in [-0.2, 0) is 6.42 Å². The average molecular weight is 398 g/mol. The number of amides is 1. The molecule has 0 unspecified atom stereocenters. The number of thiazole rings is 1. The van der Waals surface area contributed by atoms with Gasteiger partial charge in [-0.05, 0) is 41.0 Å². The summed E-state index contributed by atoms with van der Waals surface area (Å²) < 4.78 is 5.31. The summed E-state index contributed by atoms with van der Waals surface area (Å²) in [4.78, 5) is 18.9. The number of aromatic nitrogens is 1. The van der Waals surface area contributed by atoms with Crippen molar-refractivity contribution in [2.45, 2.75) is 6.42 Å². The van der Waals surface area contributed by atoms with E-state index >= 15 is 0 Å². The second-order valence-electron chi connectivity index (χ2n) is 6.86. The molecule has 0 spiro atoms. The standard InChI is InChI=1S/C24H18N2O2S/c1-28-17-11-12-19-16(13-17)14-21-22(19)25-24(29-21)26-23(27)20-10-6-5-9-18(20)15-7-3-2-4-8-15/h2-13H,14H2,1H3,(H,25,26,27). The Hall–Kier alpha value is -3.44. The maximum atomic E-state index is 13.0. The van der Waals surface area contributed by atoms with Crippen molar-refractivity contribution >= 4 is 22.4 Å². The Morgan fingerprint density at radius 1 is 1.00 bits per heavy atom. The number of nitrogens with zero attached hydrogens (tertiary/aromatic N) is 1. The van der Waals surface area contributed by atoms with Crippen LogP contribution in [0.2, 0.25) is 0 Å². The zero-order valence-corrected chi connectivity index (χ0v) is 16.6. The number of anilines is 1. The molecule has 1 aromatic heterocycles. The second kappa shape index (κ2) is 7.18. The molecule has 0 aliphatic heterocycles. The first-order valence-corrected chi connectivity index (χ1v) is 10.2. The van der Waals surface area contributed by atoms with Gasteiger partial charge in [-0.2, -0.15) is 0 Å². The van der Waals surface area contributed by atoms with E-state index in [4.69, 9.17) is 9.72 Å². The van der Waals surface area contributed by atoms with Crippen LogP contribution in [-0.4, -0.2) is 18.0 Å². The van der Waals surface area contributed by atoms with Gasteiger partial charge in [-0.1, -0.05) is 48.5 Å². The van der Waals surface area contributed by atoms with Crippen molar-refractivity contribution < 1.29 is 9.53 Å². The van der Waals surface area contributed by atoms with Crippen molar-refractivity contribution in [3.8, 4) is 28.1 Å². The van der Waals surface area contributed by atoms with Gasteiger partial charge in [-0.25, -0.2) is 4.98 Å². The molecule has 3 aromatic carbocycles. The van der Waals surface area contributed by atoms with Crippen LogP contribution >= 0.6 is 11.3 Å². The minimum atomic E-state index is -0.146. The lowest BCUT2D eigenvalue weighted by atomic mass is 9.99. The summed E-state index contributed by atoms with van der Waals surface area (Å²) in [5, 5.41) is 3.62. The van der Waals surface area contributed by atoms with Gasteiger partial charge >= 0.3 is 0 Å². The molecule has 1 amide bonds. The number of ether oxygens (including phenoxy) is 1. The quantitative estimate of drug-likeness (QED) is 0.426. The molecule has 29 heavy (non-hydrogen) atoms. The van der Waals surface area contributed by atoms with E-state index in [0.717, 1.165) is 34.6 Å². The van der Waals surface area contributed by atoms with Gasteiger partial charge in [0.15, 0.2) is 5.13 Å². The Balaban J connectivity index is 1.43. The van der Waals surface area contributed by atoms with Crippen LogP contribution in [0.15, 0.2) is 72.8 Å². The summed E-state index contributed by atoms with van der Waals surface area (Å²) in [6.45, 7) is 0. The number of hydrogen-bond acceptors (Lipinski definition) is 4. The smallest absolute Gasteiger partial charge is 0.258 e. The molecule has 0 saturated carbocycles. The normalized spacial score (nSPS) is 11.6. The van der Waals surface area contributed by atoms with Gasteiger partial charge in [-0.3, -0.25) is 10.1 Å². The van der Waals surface area contributed by atoms with Crippen LogP contribution in [0.1, 0.15) is 20.8 Å². The van der Waals surface area contributed by atoms with Crippen molar-refractivity contribution in [1.29, 1.82) is 0 Å². The van der Waals surface area contributed by atoms with E-state index in [0.29, 0.717) is 10.7 Å². The van der Waals surface area contributed by atoms with Gasteiger partial charge in [0.1, 0.15) is 5.75 Å². The van der Waals surface area contributed by atoms with E-state index in [1.54, 1.807) is 7.11 Å². The highest BCUT2D eigenvalue weighted by molar-refractivity contribution is 7.16. The lowest BCUT2D eigenvalue weighted by Crippen LogP contribution is -2.13. The molecule has 5 heteroatoms. The Morgan fingerprint density at radius 3 is 2.62 bits per heavy atom. The third kappa shape index (κ3) is 3.19. The van der Waals surface area contributed by atoms with E-state index < -0.39 is 0 Å². The Bertz CT molecular complexity index is 1210. The van der Waals surface area contributed by atoms with Crippen molar-refractivity contribution in [3.63, 3.8) is 0 Å². The molecule has 0 bridgehead atoms. The molecule has 0 radical (unpaired) electrons. The van der Waals surface area contributed by atoms with E-state index in [1.165, 1.54) is 21.8 Å². The second-order valence-corrected chi connectivity index (χ2v) is 7.94.